The lowest BCUT2D eigenvalue weighted by Crippen LogP contribution is -2.46. The van der Waals surface area contributed by atoms with Crippen molar-refractivity contribution in [1.82, 2.24) is 9.80 Å². The Morgan fingerprint density at radius 1 is 1.09 bits per heavy atom. The summed E-state index contributed by atoms with van der Waals surface area (Å²) in [5, 5.41) is 8.80. The summed E-state index contributed by atoms with van der Waals surface area (Å²) >= 11 is 0. The third-order valence-electron chi connectivity index (χ3n) is 5.04. The summed E-state index contributed by atoms with van der Waals surface area (Å²) in [4.78, 5) is 4.99. The zero-order chi connectivity index (χ0) is 15.4. The smallest absolute Gasteiger partial charge is 0.129 e. The van der Waals surface area contributed by atoms with Crippen LogP contribution in [0.25, 0.3) is 0 Å². The molecule has 0 N–H and O–H groups in total. The standard InChI is InChI=1S/C18H24FN3/c19-18-12-15(13-20)4-5-16(18)14-21-10-6-17(7-11-21)22-8-2-1-3-9-22/h4-5,12,17H,1-3,6-11,14H2. The molecular formula is C18H24FN3. The highest BCUT2D eigenvalue weighted by atomic mass is 19.1. The molecular weight excluding hydrogens is 277 g/mol. The van der Waals surface area contributed by atoms with E-state index in [9.17, 15) is 4.39 Å². The van der Waals surface area contributed by atoms with E-state index in [-0.39, 0.29) is 5.82 Å². The number of likely N-dealkylation sites (tertiary alicyclic amines) is 2. The van der Waals surface area contributed by atoms with Crippen LogP contribution < -0.4 is 0 Å². The summed E-state index contributed by atoms with van der Waals surface area (Å²) in [6.07, 6.45) is 6.45. The van der Waals surface area contributed by atoms with Gasteiger partial charge in [0, 0.05) is 18.2 Å². The quantitative estimate of drug-likeness (QED) is 0.859. The molecule has 0 amide bonds. The maximum absolute atomic E-state index is 14.0. The maximum Gasteiger partial charge on any atom is 0.129 e. The van der Waals surface area contributed by atoms with Crippen LogP contribution in [0.4, 0.5) is 4.39 Å². The highest BCUT2D eigenvalue weighted by molar-refractivity contribution is 5.32. The molecule has 4 heteroatoms. The lowest BCUT2D eigenvalue weighted by Gasteiger charge is -2.40. The van der Waals surface area contributed by atoms with Gasteiger partial charge in [0.15, 0.2) is 0 Å². The fourth-order valence-corrected chi connectivity index (χ4v) is 3.71. The second-order valence-corrected chi connectivity index (χ2v) is 6.52. The fraction of sp³-hybridized carbons (Fsp3) is 0.611. The first-order valence-electron chi connectivity index (χ1n) is 8.41. The topological polar surface area (TPSA) is 30.3 Å². The van der Waals surface area contributed by atoms with Crippen LogP contribution in [0.1, 0.15) is 43.2 Å². The van der Waals surface area contributed by atoms with Crippen LogP contribution in [-0.2, 0) is 6.54 Å². The lowest BCUT2D eigenvalue weighted by molar-refractivity contribution is 0.0892. The first-order chi connectivity index (χ1) is 10.8. The van der Waals surface area contributed by atoms with Crippen molar-refractivity contribution in [2.45, 2.75) is 44.7 Å². The molecule has 3 rings (SSSR count). The molecule has 0 spiro atoms. The van der Waals surface area contributed by atoms with E-state index in [1.165, 1.54) is 51.3 Å². The number of halogens is 1. The average Bonchev–Trinajstić information content (AvgIpc) is 2.58. The molecule has 2 fully saturated rings. The van der Waals surface area contributed by atoms with Crippen molar-refractivity contribution >= 4 is 0 Å². The van der Waals surface area contributed by atoms with Gasteiger partial charge in [-0.05, 0) is 64.0 Å². The van der Waals surface area contributed by atoms with Gasteiger partial charge >= 0.3 is 0 Å². The van der Waals surface area contributed by atoms with Gasteiger partial charge in [0.25, 0.3) is 0 Å². The molecule has 22 heavy (non-hydrogen) atoms. The number of nitriles is 1. The number of hydrogen-bond donors (Lipinski definition) is 0. The fourth-order valence-electron chi connectivity index (χ4n) is 3.71. The molecule has 2 aliphatic heterocycles. The van der Waals surface area contributed by atoms with Gasteiger partial charge in [0.2, 0.25) is 0 Å². The van der Waals surface area contributed by atoms with Gasteiger partial charge in [-0.2, -0.15) is 5.26 Å². The molecule has 2 aliphatic rings. The van der Waals surface area contributed by atoms with Crippen molar-refractivity contribution in [2.75, 3.05) is 26.2 Å². The minimum atomic E-state index is -0.253. The van der Waals surface area contributed by atoms with Crippen LogP contribution in [0.15, 0.2) is 18.2 Å². The van der Waals surface area contributed by atoms with E-state index in [0.717, 1.165) is 19.1 Å². The van der Waals surface area contributed by atoms with Crippen molar-refractivity contribution in [3.8, 4) is 6.07 Å². The van der Waals surface area contributed by atoms with E-state index in [1.54, 1.807) is 12.1 Å². The van der Waals surface area contributed by atoms with Crippen LogP contribution in [0.3, 0.4) is 0 Å². The SMILES string of the molecule is N#Cc1ccc(CN2CCC(N3CCCCC3)CC2)c(F)c1. The highest BCUT2D eigenvalue weighted by Crippen LogP contribution is 2.22. The molecule has 0 radical (unpaired) electrons. The summed E-state index contributed by atoms with van der Waals surface area (Å²) in [5.74, 6) is -0.253. The number of hydrogen-bond acceptors (Lipinski definition) is 3. The summed E-state index contributed by atoms with van der Waals surface area (Å²) in [5.41, 5.74) is 1.10. The Morgan fingerprint density at radius 3 is 2.45 bits per heavy atom. The van der Waals surface area contributed by atoms with E-state index in [0.29, 0.717) is 17.7 Å². The van der Waals surface area contributed by atoms with E-state index < -0.39 is 0 Å². The predicted octanol–water partition coefficient (Wildman–Crippen LogP) is 3.15. The van der Waals surface area contributed by atoms with E-state index in [2.05, 4.69) is 9.80 Å². The van der Waals surface area contributed by atoms with E-state index in [1.807, 2.05) is 6.07 Å². The van der Waals surface area contributed by atoms with E-state index >= 15 is 0 Å². The van der Waals surface area contributed by atoms with Crippen LogP contribution in [0.5, 0.6) is 0 Å². The zero-order valence-electron chi connectivity index (χ0n) is 13.1. The first kappa shape index (κ1) is 15.5. The molecule has 0 aliphatic carbocycles. The molecule has 0 aromatic heterocycles. The Balaban J connectivity index is 1.52. The van der Waals surface area contributed by atoms with Gasteiger partial charge in [0.05, 0.1) is 11.6 Å². The Hall–Kier alpha value is -1.44. The summed E-state index contributed by atoms with van der Waals surface area (Å²) in [7, 11) is 0. The highest BCUT2D eigenvalue weighted by Gasteiger charge is 2.25. The first-order valence-corrected chi connectivity index (χ1v) is 8.41. The Morgan fingerprint density at radius 2 is 1.82 bits per heavy atom. The summed E-state index contributed by atoms with van der Waals surface area (Å²) < 4.78 is 14.0. The Labute approximate surface area is 132 Å². The molecule has 1 aromatic rings. The van der Waals surface area contributed by atoms with Gasteiger partial charge in [0.1, 0.15) is 5.82 Å². The predicted molar refractivity (Wildman–Crippen MR) is 84.8 cm³/mol. The zero-order valence-corrected chi connectivity index (χ0v) is 13.1. The molecule has 0 bridgehead atoms. The van der Waals surface area contributed by atoms with Crippen molar-refractivity contribution < 1.29 is 4.39 Å². The molecule has 2 heterocycles. The van der Waals surface area contributed by atoms with Gasteiger partial charge < -0.3 is 4.90 Å². The monoisotopic (exact) mass is 301 g/mol. The second-order valence-electron chi connectivity index (χ2n) is 6.52. The van der Waals surface area contributed by atoms with E-state index in [4.69, 9.17) is 5.26 Å². The summed E-state index contributed by atoms with van der Waals surface area (Å²) in [6, 6.07) is 7.51. The maximum atomic E-state index is 14.0. The molecule has 0 saturated carbocycles. The van der Waals surface area contributed by atoms with Crippen LogP contribution in [-0.4, -0.2) is 42.0 Å². The van der Waals surface area contributed by atoms with Crippen molar-refractivity contribution in [3.63, 3.8) is 0 Å². The Bertz CT molecular complexity index is 538. The Kier molecular flexibility index (Phi) is 5.07. The third-order valence-corrected chi connectivity index (χ3v) is 5.04. The molecule has 3 nitrogen and oxygen atoms in total. The van der Waals surface area contributed by atoms with Crippen molar-refractivity contribution in [3.05, 3.63) is 35.1 Å². The van der Waals surface area contributed by atoms with Crippen LogP contribution >= 0.6 is 0 Å². The molecule has 2 saturated heterocycles. The number of nitrogens with zero attached hydrogens (tertiary/aromatic N) is 3. The largest absolute Gasteiger partial charge is 0.300 e. The van der Waals surface area contributed by atoms with Crippen LogP contribution in [0.2, 0.25) is 0 Å². The molecule has 0 unspecified atom stereocenters. The minimum Gasteiger partial charge on any atom is -0.300 e. The number of piperidine rings is 2. The number of benzene rings is 1. The number of rotatable bonds is 3. The summed E-state index contributed by atoms with van der Waals surface area (Å²) in [6.45, 7) is 5.26. The normalized spacial score (nSPS) is 21.6. The second kappa shape index (κ2) is 7.21. The van der Waals surface area contributed by atoms with Crippen molar-refractivity contribution in [1.29, 1.82) is 5.26 Å². The minimum absolute atomic E-state index is 0.253. The van der Waals surface area contributed by atoms with Crippen LogP contribution in [0, 0.1) is 17.1 Å². The molecule has 1 aromatic carbocycles. The van der Waals surface area contributed by atoms with Gasteiger partial charge in [-0.25, -0.2) is 4.39 Å². The van der Waals surface area contributed by atoms with Gasteiger partial charge in [-0.15, -0.1) is 0 Å². The van der Waals surface area contributed by atoms with Crippen molar-refractivity contribution in [2.24, 2.45) is 0 Å². The third kappa shape index (κ3) is 3.66. The average molecular weight is 301 g/mol. The van der Waals surface area contributed by atoms with Gasteiger partial charge in [-0.3, -0.25) is 4.90 Å². The molecule has 0 atom stereocenters. The van der Waals surface area contributed by atoms with Gasteiger partial charge in [-0.1, -0.05) is 12.5 Å². The molecule has 118 valence electrons. The lowest BCUT2D eigenvalue weighted by atomic mass is 9.99.